The number of hydrogen-bond acceptors (Lipinski definition) is 4. The molecule has 2 aromatic heterocycles. The van der Waals surface area contributed by atoms with Crippen molar-refractivity contribution in [1.29, 1.82) is 0 Å². The SMILES string of the molecule is CCN1CCC(n2nccc2NC(=O)c2coc3cc(C)c(C)cc23)CC1. The Morgan fingerprint density at radius 3 is 2.74 bits per heavy atom. The molecule has 0 unspecified atom stereocenters. The average molecular weight is 366 g/mol. The maximum atomic E-state index is 12.9. The number of anilines is 1. The van der Waals surface area contributed by atoms with E-state index in [1.165, 1.54) is 0 Å². The van der Waals surface area contributed by atoms with Crippen molar-refractivity contribution < 1.29 is 9.21 Å². The van der Waals surface area contributed by atoms with Gasteiger partial charge < -0.3 is 14.6 Å². The van der Waals surface area contributed by atoms with E-state index in [0.717, 1.165) is 60.4 Å². The van der Waals surface area contributed by atoms with Crippen molar-refractivity contribution in [3.8, 4) is 0 Å². The van der Waals surface area contributed by atoms with Gasteiger partial charge in [-0.25, -0.2) is 4.68 Å². The van der Waals surface area contributed by atoms with Crippen molar-refractivity contribution in [2.45, 2.75) is 39.7 Å². The Bertz CT molecular complexity index is 964. The molecule has 6 heteroatoms. The number of nitrogens with zero attached hydrogens (tertiary/aromatic N) is 3. The summed E-state index contributed by atoms with van der Waals surface area (Å²) in [4.78, 5) is 15.3. The quantitative estimate of drug-likeness (QED) is 0.753. The zero-order chi connectivity index (χ0) is 19.0. The van der Waals surface area contributed by atoms with Gasteiger partial charge in [0.05, 0.1) is 17.8 Å². The van der Waals surface area contributed by atoms with E-state index in [-0.39, 0.29) is 5.91 Å². The third-order valence-corrected chi connectivity index (χ3v) is 5.70. The van der Waals surface area contributed by atoms with Gasteiger partial charge in [0.25, 0.3) is 5.91 Å². The van der Waals surface area contributed by atoms with Gasteiger partial charge >= 0.3 is 0 Å². The first-order chi connectivity index (χ1) is 13.1. The molecule has 0 atom stereocenters. The van der Waals surface area contributed by atoms with Gasteiger partial charge in [0.15, 0.2) is 0 Å². The van der Waals surface area contributed by atoms with Crippen LogP contribution in [0.3, 0.4) is 0 Å². The Hall–Kier alpha value is -2.60. The van der Waals surface area contributed by atoms with Crippen molar-refractivity contribution in [3.05, 3.63) is 47.3 Å². The minimum atomic E-state index is -0.162. The summed E-state index contributed by atoms with van der Waals surface area (Å²) in [5.74, 6) is 0.581. The number of aromatic nitrogens is 2. The summed E-state index contributed by atoms with van der Waals surface area (Å²) in [6.07, 6.45) is 5.39. The fourth-order valence-electron chi connectivity index (χ4n) is 3.83. The van der Waals surface area contributed by atoms with E-state index >= 15 is 0 Å². The second-order valence-corrected chi connectivity index (χ2v) is 7.36. The molecule has 4 rings (SSSR count). The summed E-state index contributed by atoms with van der Waals surface area (Å²) in [5, 5.41) is 8.35. The van der Waals surface area contributed by atoms with Crippen molar-refractivity contribution in [2.24, 2.45) is 0 Å². The fraction of sp³-hybridized carbons (Fsp3) is 0.429. The number of hydrogen-bond donors (Lipinski definition) is 1. The molecule has 1 fully saturated rings. The lowest BCUT2D eigenvalue weighted by Crippen LogP contribution is -2.35. The van der Waals surface area contributed by atoms with Gasteiger partial charge in [-0.05, 0) is 56.5 Å². The Kier molecular flexibility index (Phi) is 4.74. The number of nitrogens with one attached hydrogen (secondary N) is 1. The zero-order valence-corrected chi connectivity index (χ0v) is 16.2. The normalized spacial score (nSPS) is 16.1. The van der Waals surface area contributed by atoms with Gasteiger partial charge in [0, 0.05) is 24.5 Å². The van der Waals surface area contributed by atoms with Crippen LogP contribution in [-0.4, -0.2) is 40.2 Å². The summed E-state index contributed by atoms with van der Waals surface area (Å²) in [7, 11) is 0. The molecular formula is C21H26N4O2. The summed E-state index contributed by atoms with van der Waals surface area (Å²) in [6.45, 7) is 9.50. The first-order valence-corrected chi connectivity index (χ1v) is 9.62. The van der Waals surface area contributed by atoms with Crippen molar-refractivity contribution in [1.82, 2.24) is 14.7 Å². The lowest BCUT2D eigenvalue weighted by molar-refractivity contribution is 0.102. The molecule has 142 valence electrons. The molecule has 0 spiro atoms. The van der Waals surface area contributed by atoms with Crippen LogP contribution in [-0.2, 0) is 0 Å². The number of benzene rings is 1. The summed E-state index contributed by atoms with van der Waals surface area (Å²) < 4.78 is 7.57. The van der Waals surface area contributed by atoms with E-state index < -0.39 is 0 Å². The highest BCUT2D eigenvalue weighted by atomic mass is 16.3. The fourth-order valence-corrected chi connectivity index (χ4v) is 3.83. The monoisotopic (exact) mass is 366 g/mol. The molecule has 6 nitrogen and oxygen atoms in total. The number of carbonyl (C=O) groups is 1. The molecule has 3 aromatic rings. The maximum absolute atomic E-state index is 12.9. The summed E-state index contributed by atoms with van der Waals surface area (Å²) >= 11 is 0. The number of amides is 1. The molecule has 0 saturated carbocycles. The summed E-state index contributed by atoms with van der Waals surface area (Å²) in [6, 6.07) is 6.18. The third-order valence-electron chi connectivity index (χ3n) is 5.70. The molecular weight excluding hydrogens is 340 g/mol. The van der Waals surface area contributed by atoms with E-state index in [2.05, 4.69) is 22.2 Å². The van der Waals surface area contributed by atoms with Crippen LogP contribution < -0.4 is 5.32 Å². The van der Waals surface area contributed by atoms with E-state index in [1.807, 2.05) is 36.7 Å². The van der Waals surface area contributed by atoms with Gasteiger partial charge in [-0.3, -0.25) is 4.79 Å². The lowest BCUT2D eigenvalue weighted by Gasteiger charge is -2.31. The number of piperidine rings is 1. The molecule has 1 aliphatic rings. The highest BCUT2D eigenvalue weighted by Crippen LogP contribution is 2.28. The number of rotatable bonds is 4. The number of furan rings is 1. The molecule has 0 aliphatic carbocycles. The minimum Gasteiger partial charge on any atom is -0.463 e. The van der Waals surface area contributed by atoms with E-state index in [9.17, 15) is 4.79 Å². The second kappa shape index (κ2) is 7.19. The van der Waals surface area contributed by atoms with Crippen LogP contribution >= 0.6 is 0 Å². The Morgan fingerprint density at radius 1 is 1.26 bits per heavy atom. The first kappa shape index (κ1) is 17.8. The van der Waals surface area contributed by atoms with Crippen molar-refractivity contribution in [3.63, 3.8) is 0 Å². The van der Waals surface area contributed by atoms with Crippen molar-refractivity contribution >= 4 is 22.7 Å². The smallest absolute Gasteiger partial charge is 0.260 e. The first-order valence-electron chi connectivity index (χ1n) is 9.62. The molecule has 3 heterocycles. The standard InChI is InChI=1S/C21H26N4O2/c1-4-24-9-6-16(7-10-24)25-20(5-8-22-25)23-21(26)18-13-27-19-12-15(3)14(2)11-17(18)19/h5,8,11-13,16H,4,6-7,9-10H2,1-3H3,(H,23,26). The molecule has 0 bridgehead atoms. The molecule has 1 aliphatic heterocycles. The van der Waals surface area contributed by atoms with Crippen LogP contribution in [0.2, 0.25) is 0 Å². The average Bonchev–Trinajstić information content (AvgIpc) is 3.29. The highest BCUT2D eigenvalue weighted by Gasteiger charge is 2.23. The molecule has 1 aromatic carbocycles. The minimum absolute atomic E-state index is 0.162. The largest absolute Gasteiger partial charge is 0.463 e. The van der Waals surface area contributed by atoms with Crippen LogP contribution in [0.1, 0.15) is 47.3 Å². The van der Waals surface area contributed by atoms with E-state index in [1.54, 1.807) is 12.5 Å². The topological polar surface area (TPSA) is 63.3 Å². The van der Waals surface area contributed by atoms with Crippen LogP contribution in [0.15, 0.2) is 35.1 Å². The Morgan fingerprint density at radius 2 is 2.00 bits per heavy atom. The van der Waals surface area contributed by atoms with Gasteiger partial charge in [0.2, 0.25) is 0 Å². The van der Waals surface area contributed by atoms with Crippen LogP contribution in [0.5, 0.6) is 0 Å². The maximum Gasteiger partial charge on any atom is 0.260 e. The van der Waals surface area contributed by atoms with Gasteiger partial charge in [-0.15, -0.1) is 0 Å². The van der Waals surface area contributed by atoms with E-state index in [4.69, 9.17) is 4.42 Å². The van der Waals surface area contributed by atoms with Gasteiger partial charge in [-0.2, -0.15) is 5.10 Å². The third kappa shape index (κ3) is 3.37. The highest BCUT2D eigenvalue weighted by molar-refractivity contribution is 6.12. The number of fused-ring (bicyclic) bond motifs is 1. The number of aryl methyl sites for hydroxylation is 2. The lowest BCUT2D eigenvalue weighted by atomic mass is 10.0. The van der Waals surface area contributed by atoms with Gasteiger partial charge in [0.1, 0.15) is 17.7 Å². The molecule has 1 N–H and O–H groups in total. The molecule has 27 heavy (non-hydrogen) atoms. The van der Waals surface area contributed by atoms with Crippen LogP contribution in [0.4, 0.5) is 5.82 Å². The predicted molar refractivity (Wildman–Crippen MR) is 106 cm³/mol. The van der Waals surface area contributed by atoms with Crippen LogP contribution in [0, 0.1) is 13.8 Å². The molecule has 0 radical (unpaired) electrons. The molecule has 1 saturated heterocycles. The van der Waals surface area contributed by atoms with Crippen molar-refractivity contribution in [2.75, 3.05) is 25.0 Å². The Balaban J connectivity index is 1.55. The summed E-state index contributed by atoms with van der Waals surface area (Å²) in [5.41, 5.74) is 3.59. The van der Waals surface area contributed by atoms with Gasteiger partial charge in [-0.1, -0.05) is 6.92 Å². The van der Waals surface area contributed by atoms with E-state index in [0.29, 0.717) is 11.6 Å². The number of carbonyl (C=O) groups excluding carboxylic acids is 1. The van der Waals surface area contributed by atoms with Crippen LogP contribution in [0.25, 0.3) is 11.0 Å². The second-order valence-electron chi connectivity index (χ2n) is 7.36. The molecule has 1 amide bonds. The number of likely N-dealkylation sites (tertiary alicyclic amines) is 1. The predicted octanol–water partition coefficient (Wildman–Crippen LogP) is 4.16. The Labute approximate surface area is 159 Å². The zero-order valence-electron chi connectivity index (χ0n) is 16.2.